The summed E-state index contributed by atoms with van der Waals surface area (Å²) in [4.78, 5) is 12.1. The lowest BCUT2D eigenvalue weighted by atomic mass is 9.99. The van der Waals surface area contributed by atoms with Gasteiger partial charge in [0, 0.05) is 19.1 Å². The van der Waals surface area contributed by atoms with Gasteiger partial charge in [-0.25, -0.2) is 8.42 Å². The number of carbonyl (C=O) groups is 1. The summed E-state index contributed by atoms with van der Waals surface area (Å²) in [5.41, 5.74) is 0. The maximum atomic E-state index is 12.6. The van der Waals surface area contributed by atoms with Crippen LogP contribution in [-0.4, -0.2) is 37.8 Å². The quantitative estimate of drug-likeness (QED) is 0.853. The van der Waals surface area contributed by atoms with Gasteiger partial charge in [0.1, 0.15) is 4.21 Å². The molecular formula is C13H17BrN2O3S2. The van der Waals surface area contributed by atoms with Crippen LogP contribution in [0.5, 0.6) is 0 Å². The van der Waals surface area contributed by atoms with E-state index in [2.05, 4.69) is 21.2 Å². The predicted octanol–water partition coefficient (Wildman–Crippen LogP) is 2.19. The lowest BCUT2D eigenvalue weighted by Gasteiger charge is -2.30. The molecule has 1 saturated carbocycles. The molecule has 116 valence electrons. The van der Waals surface area contributed by atoms with Gasteiger partial charge in [-0.3, -0.25) is 4.79 Å². The van der Waals surface area contributed by atoms with Crippen molar-refractivity contribution in [1.29, 1.82) is 0 Å². The van der Waals surface area contributed by atoms with Gasteiger partial charge in [-0.05, 0) is 53.7 Å². The van der Waals surface area contributed by atoms with Crippen molar-refractivity contribution in [3.8, 4) is 0 Å². The van der Waals surface area contributed by atoms with Crippen molar-refractivity contribution in [3.63, 3.8) is 0 Å². The van der Waals surface area contributed by atoms with E-state index in [1.165, 1.54) is 15.6 Å². The zero-order valence-electron chi connectivity index (χ0n) is 11.4. The number of hydrogen-bond donors (Lipinski definition) is 1. The Kier molecular flexibility index (Phi) is 4.40. The second-order valence-electron chi connectivity index (χ2n) is 5.54. The maximum absolute atomic E-state index is 12.6. The molecule has 21 heavy (non-hydrogen) atoms. The smallest absolute Gasteiger partial charge is 0.252 e. The SMILES string of the molecule is O=C(NC1CC1)C1CCCN(S(=O)(=O)c2ccc(Br)s2)C1. The Labute approximate surface area is 136 Å². The maximum Gasteiger partial charge on any atom is 0.252 e. The van der Waals surface area contributed by atoms with E-state index in [4.69, 9.17) is 0 Å². The molecule has 0 aromatic carbocycles. The standard InChI is InChI=1S/C13H17BrN2O3S2/c14-11-5-6-12(20-11)21(18,19)16-7-1-2-9(8-16)13(17)15-10-3-4-10/h5-6,9-10H,1-4,7-8H2,(H,15,17). The minimum atomic E-state index is -3.48. The number of nitrogens with one attached hydrogen (secondary N) is 1. The minimum Gasteiger partial charge on any atom is -0.353 e. The first-order chi connectivity index (χ1) is 9.96. The fourth-order valence-corrected chi connectivity index (χ4v) is 6.17. The highest BCUT2D eigenvalue weighted by molar-refractivity contribution is 9.11. The third kappa shape index (κ3) is 3.49. The van der Waals surface area contributed by atoms with Gasteiger partial charge in [-0.1, -0.05) is 0 Å². The molecule has 2 aliphatic rings. The molecule has 1 aliphatic heterocycles. The van der Waals surface area contributed by atoms with Gasteiger partial charge >= 0.3 is 0 Å². The highest BCUT2D eigenvalue weighted by Gasteiger charge is 2.35. The average molecular weight is 393 g/mol. The van der Waals surface area contributed by atoms with Crippen molar-refractivity contribution in [2.24, 2.45) is 5.92 Å². The Bertz CT molecular complexity index is 640. The molecular weight excluding hydrogens is 376 g/mol. The first-order valence-electron chi connectivity index (χ1n) is 7.02. The van der Waals surface area contributed by atoms with Gasteiger partial charge in [0.25, 0.3) is 10.0 Å². The summed E-state index contributed by atoms with van der Waals surface area (Å²) in [6.45, 7) is 0.779. The molecule has 0 bridgehead atoms. The second kappa shape index (κ2) is 5.98. The molecule has 1 unspecified atom stereocenters. The number of amides is 1. The van der Waals surface area contributed by atoms with E-state index in [1.807, 2.05) is 0 Å². The van der Waals surface area contributed by atoms with E-state index in [-0.39, 0.29) is 18.4 Å². The summed E-state index contributed by atoms with van der Waals surface area (Å²) < 4.78 is 27.7. The highest BCUT2D eigenvalue weighted by atomic mass is 79.9. The number of piperidine rings is 1. The zero-order valence-corrected chi connectivity index (χ0v) is 14.6. The second-order valence-corrected chi connectivity index (χ2v) is 10.2. The molecule has 1 aromatic heterocycles. The third-order valence-corrected chi connectivity index (χ3v) is 7.78. The van der Waals surface area contributed by atoms with Crippen molar-refractivity contribution in [2.75, 3.05) is 13.1 Å². The van der Waals surface area contributed by atoms with Crippen molar-refractivity contribution in [1.82, 2.24) is 9.62 Å². The van der Waals surface area contributed by atoms with Crippen molar-refractivity contribution >= 4 is 43.2 Å². The van der Waals surface area contributed by atoms with Gasteiger partial charge in [0.15, 0.2) is 0 Å². The van der Waals surface area contributed by atoms with Crippen LogP contribution in [0.4, 0.5) is 0 Å². The van der Waals surface area contributed by atoms with E-state index in [1.54, 1.807) is 12.1 Å². The lowest BCUT2D eigenvalue weighted by Crippen LogP contribution is -2.45. The molecule has 2 fully saturated rings. The van der Waals surface area contributed by atoms with Gasteiger partial charge < -0.3 is 5.32 Å². The minimum absolute atomic E-state index is 0.00441. The summed E-state index contributed by atoms with van der Waals surface area (Å²) >= 11 is 4.49. The molecule has 8 heteroatoms. The monoisotopic (exact) mass is 392 g/mol. The summed E-state index contributed by atoms with van der Waals surface area (Å²) in [5, 5.41) is 2.97. The first kappa shape index (κ1) is 15.5. The molecule has 1 amide bonds. The Balaban J connectivity index is 1.71. The lowest BCUT2D eigenvalue weighted by molar-refractivity contribution is -0.126. The molecule has 1 N–H and O–H groups in total. The van der Waals surface area contributed by atoms with Crippen LogP contribution in [0.1, 0.15) is 25.7 Å². The van der Waals surface area contributed by atoms with Gasteiger partial charge in [0.2, 0.25) is 5.91 Å². The van der Waals surface area contributed by atoms with Crippen LogP contribution in [0.25, 0.3) is 0 Å². The van der Waals surface area contributed by atoms with E-state index in [0.29, 0.717) is 16.8 Å². The summed E-state index contributed by atoms with van der Waals surface area (Å²) in [6.07, 6.45) is 3.58. The largest absolute Gasteiger partial charge is 0.353 e. The molecule has 1 atom stereocenters. The summed E-state index contributed by atoms with van der Waals surface area (Å²) in [5.74, 6) is -0.220. The molecule has 2 heterocycles. The zero-order chi connectivity index (χ0) is 15.0. The van der Waals surface area contributed by atoms with Crippen LogP contribution in [0.2, 0.25) is 0 Å². The van der Waals surface area contributed by atoms with Crippen LogP contribution in [-0.2, 0) is 14.8 Å². The van der Waals surface area contributed by atoms with Gasteiger partial charge in [-0.2, -0.15) is 4.31 Å². The fourth-order valence-electron chi connectivity index (χ4n) is 2.49. The van der Waals surface area contributed by atoms with E-state index >= 15 is 0 Å². The van der Waals surface area contributed by atoms with Gasteiger partial charge in [-0.15, -0.1) is 11.3 Å². The van der Waals surface area contributed by atoms with Crippen molar-refractivity contribution in [3.05, 3.63) is 15.9 Å². The summed E-state index contributed by atoms with van der Waals surface area (Å²) in [6, 6.07) is 3.66. The molecule has 0 radical (unpaired) electrons. The van der Waals surface area contributed by atoms with Crippen LogP contribution in [0, 0.1) is 5.92 Å². The Morgan fingerprint density at radius 2 is 2.10 bits per heavy atom. The van der Waals surface area contributed by atoms with Crippen LogP contribution >= 0.6 is 27.3 Å². The summed E-state index contributed by atoms with van der Waals surface area (Å²) in [7, 11) is -3.48. The van der Waals surface area contributed by atoms with E-state index in [0.717, 1.165) is 29.5 Å². The number of carbonyl (C=O) groups excluding carboxylic acids is 1. The first-order valence-corrected chi connectivity index (χ1v) is 10.1. The molecule has 1 saturated heterocycles. The molecule has 5 nitrogen and oxygen atoms in total. The van der Waals surface area contributed by atoms with E-state index < -0.39 is 10.0 Å². The molecule has 0 spiro atoms. The Morgan fingerprint density at radius 1 is 1.33 bits per heavy atom. The average Bonchev–Trinajstić information content (AvgIpc) is 3.16. The van der Waals surface area contributed by atoms with Crippen molar-refractivity contribution in [2.45, 2.75) is 35.9 Å². The number of rotatable bonds is 4. The fraction of sp³-hybridized carbons (Fsp3) is 0.615. The third-order valence-electron chi connectivity index (χ3n) is 3.82. The van der Waals surface area contributed by atoms with Crippen LogP contribution in [0.15, 0.2) is 20.1 Å². The molecule has 1 aromatic rings. The number of sulfonamides is 1. The van der Waals surface area contributed by atoms with E-state index in [9.17, 15) is 13.2 Å². The Morgan fingerprint density at radius 3 is 2.71 bits per heavy atom. The topological polar surface area (TPSA) is 66.5 Å². The molecule has 3 rings (SSSR count). The Hall–Kier alpha value is -0.440. The number of halogens is 1. The van der Waals surface area contributed by atoms with Crippen molar-refractivity contribution < 1.29 is 13.2 Å². The number of thiophene rings is 1. The number of hydrogen-bond acceptors (Lipinski definition) is 4. The predicted molar refractivity (Wildman–Crippen MR) is 84.7 cm³/mol. The van der Waals surface area contributed by atoms with Crippen LogP contribution in [0.3, 0.4) is 0 Å². The molecule has 1 aliphatic carbocycles. The normalized spacial score (nSPS) is 24.0. The van der Waals surface area contributed by atoms with Crippen LogP contribution < -0.4 is 5.32 Å². The number of nitrogens with zero attached hydrogens (tertiary/aromatic N) is 1. The van der Waals surface area contributed by atoms with Gasteiger partial charge in [0.05, 0.1) is 9.70 Å². The highest BCUT2D eigenvalue weighted by Crippen LogP contribution is 2.31.